The monoisotopic (exact) mass is 401 g/mol. The van der Waals surface area contributed by atoms with Gasteiger partial charge in [-0.3, -0.25) is 9.10 Å². The number of amides is 1. The molecule has 1 saturated heterocycles. The Morgan fingerprint density at radius 1 is 1.11 bits per heavy atom. The fourth-order valence-electron chi connectivity index (χ4n) is 3.47. The summed E-state index contributed by atoms with van der Waals surface area (Å²) in [5.74, 6) is -0.496. The number of sulfonamides is 1. The zero-order valence-corrected chi connectivity index (χ0v) is 16.0. The van der Waals surface area contributed by atoms with Crippen molar-refractivity contribution in [2.24, 2.45) is 0 Å². The largest absolute Gasteiger partial charge is 0.338 e. The van der Waals surface area contributed by atoms with Gasteiger partial charge >= 0.3 is 0 Å². The maximum atomic E-state index is 13.5. The van der Waals surface area contributed by atoms with Gasteiger partial charge in [0.15, 0.2) is 0 Å². The van der Waals surface area contributed by atoms with Crippen LogP contribution in [0.2, 0.25) is 0 Å². The molecule has 0 aliphatic carbocycles. The van der Waals surface area contributed by atoms with Crippen LogP contribution in [0.4, 0.5) is 15.8 Å². The fraction of sp³-hybridized carbons (Fsp3) is 0.250. The third-order valence-electron chi connectivity index (χ3n) is 4.82. The second-order valence-electron chi connectivity index (χ2n) is 6.84. The number of hydrogen-bond acceptors (Lipinski definition) is 3. The minimum atomic E-state index is -3.31. The van der Waals surface area contributed by atoms with Crippen molar-refractivity contribution < 1.29 is 17.6 Å². The number of fused-ring (bicyclic) bond motifs is 1. The fourth-order valence-corrected chi connectivity index (χ4v) is 5.10. The van der Waals surface area contributed by atoms with Crippen LogP contribution in [-0.2, 0) is 21.4 Å². The van der Waals surface area contributed by atoms with E-state index in [9.17, 15) is 17.6 Å². The molecule has 0 bridgehead atoms. The molecule has 6 nitrogen and oxygen atoms in total. The molecule has 0 spiro atoms. The van der Waals surface area contributed by atoms with Crippen molar-refractivity contribution in [2.45, 2.75) is 19.4 Å². The Balaban J connectivity index is 1.51. The van der Waals surface area contributed by atoms with Crippen LogP contribution in [0.15, 0.2) is 54.7 Å². The molecule has 0 atom stereocenters. The Hall–Kier alpha value is -2.87. The first-order chi connectivity index (χ1) is 13.4. The summed E-state index contributed by atoms with van der Waals surface area (Å²) < 4.78 is 41.1. The van der Waals surface area contributed by atoms with Gasteiger partial charge in [0.2, 0.25) is 15.9 Å². The lowest BCUT2D eigenvalue weighted by Crippen LogP contribution is -2.37. The molecule has 1 aliphatic rings. The Bertz CT molecular complexity index is 1140. The van der Waals surface area contributed by atoms with Gasteiger partial charge in [0.25, 0.3) is 0 Å². The predicted octanol–water partition coefficient (Wildman–Crippen LogP) is 3.35. The maximum absolute atomic E-state index is 13.5. The summed E-state index contributed by atoms with van der Waals surface area (Å²) in [6.07, 6.45) is 3.22. The van der Waals surface area contributed by atoms with Crippen molar-refractivity contribution >= 4 is 38.2 Å². The Labute approximate surface area is 162 Å². The molecule has 28 heavy (non-hydrogen) atoms. The quantitative estimate of drug-likeness (QED) is 0.729. The Kier molecular flexibility index (Phi) is 4.80. The first kappa shape index (κ1) is 18.5. The van der Waals surface area contributed by atoms with Crippen LogP contribution in [0.5, 0.6) is 0 Å². The van der Waals surface area contributed by atoms with E-state index in [1.165, 1.54) is 16.4 Å². The standard InChI is InChI=1S/C20H20FN3O3S/c21-16-7-6-15-8-10-23(19(15)12-16)14-20(25)22-17-4-3-5-18(13-17)24-9-1-2-11-28(24,26)27/h3-8,10,12-13H,1-2,9,11,14H2,(H,22,25). The molecule has 0 unspecified atom stereocenters. The van der Waals surface area contributed by atoms with Gasteiger partial charge in [0, 0.05) is 18.4 Å². The molecule has 2 aromatic carbocycles. The van der Waals surface area contributed by atoms with Crippen LogP contribution in [0.3, 0.4) is 0 Å². The Morgan fingerprint density at radius 3 is 2.79 bits per heavy atom. The molecule has 8 heteroatoms. The summed E-state index contributed by atoms with van der Waals surface area (Å²) in [5.41, 5.74) is 1.71. The number of carbonyl (C=O) groups excluding carboxylic acids is 1. The van der Waals surface area contributed by atoms with Crippen LogP contribution in [0.25, 0.3) is 10.9 Å². The predicted molar refractivity (Wildman–Crippen MR) is 107 cm³/mol. The van der Waals surface area contributed by atoms with Crippen LogP contribution >= 0.6 is 0 Å². The maximum Gasteiger partial charge on any atom is 0.244 e. The number of hydrogen-bond donors (Lipinski definition) is 1. The van der Waals surface area contributed by atoms with E-state index in [1.807, 2.05) is 6.07 Å². The van der Waals surface area contributed by atoms with Crippen molar-refractivity contribution in [3.8, 4) is 0 Å². The molecular formula is C20H20FN3O3S. The summed E-state index contributed by atoms with van der Waals surface area (Å²) >= 11 is 0. The number of aromatic nitrogens is 1. The summed E-state index contributed by atoms with van der Waals surface area (Å²) in [6.45, 7) is 0.472. The van der Waals surface area contributed by atoms with Gasteiger partial charge in [0.05, 0.1) is 17.0 Å². The molecule has 1 N–H and O–H groups in total. The molecule has 2 heterocycles. The minimum absolute atomic E-state index is 0.0270. The lowest BCUT2D eigenvalue weighted by molar-refractivity contribution is -0.116. The minimum Gasteiger partial charge on any atom is -0.338 e. The molecule has 1 fully saturated rings. The van der Waals surface area contributed by atoms with E-state index in [0.717, 1.165) is 11.8 Å². The average molecular weight is 401 g/mol. The van der Waals surface area contributed by atoms with Gasteiger partial charge in [0.1, 0.15) is 12.4 Å². The average Bonchev–Trinajstić information content (AvgIpc) is 3.03. The van der Waals surface area contributed by atoms with E-state index in [1.54, 1.807) is 41.1 Å². The number of benzene rings is 2. The number of nitrogens with one attached hydrogen (secondary N) is 1. The normalized spacial score (nSPS) is 16.2. The van der Waals surface area contributed by atoms with E-state index in [-0.39, 0.29) is 24.0 Å². The second-order valence-corrected chi connectivity index (χ2v) is 8.85. The molecule has 3 aromatic rings. The third kappa shape index (κ3) is 3.73. The van der Waals surface area contributed by atoms with Crippen molar-refractivity contribution in [3.05, 3.63) is 60.5 Å². The first-order valence-corrected chi connectivity index (χ1v) is 10.7. The summed E-state index contributed by atoms with van der Waals surface area (Å²) in [4.78, 5) is 12.5. The summed E-state index contributed by atoms with van der Waals surface area (Å²) in [6, 6.07) is 13.1. The number of anilines is 2. The lowest BCUT2D eigenvalue weighted by atomic mass is 10.2. The molecule has 146 valence electrons. The van der Waals surface area contributed by atoms with Crippen molar-refractivity contribution in [3.63, 3.8) is 0 Å². The van der Waals surface area contributed by atoms with E-state index in [0.29, 0.717) is 29.9 Å². The van der Waals surface area contributed by atoms with Gasteiger partial charge in [-0.05, 0) is 60.7 Å². The highest BCUT2D eigenvalue weighted by molar-refractivity contribution is 7.92. The number of halogens is 1. The SMILES string of the molecule is O=C(Cn1ccc2ccc(F)cc21)Nc1cccc(N2CCCCS2(=O)=O)c1. The van der Waals surface area contributed by atoms with E-state index in [2.05, 4.69) is 5.32 Å². The molecule has 0 saturated carbocycles. The molecule has 1 aromatic heterocycles. The molecular weight excluding hydrogens is 381 g/mol. The van der Waals surface area contributed by atoms with E-state index >= 15 is 0 Å². The third-order valence-corrected chi connectivity index (χ3v) is 6.69. The van der Waals surface area contributed by atoms with Gasteiger partial charge in [-0.2, -0.15) is 0 Å². The van der Waals surface area contributed by atoms with Gasteiger partial charge < -0.3 is 9.88 Å². The zero-order valence-electron chi connectivity index (χ0n) is 15.1. The van der Waals surface area contributed by atoms with E-state index < -0.39 is 10.0 Å². The highest BCUT2D eigenvalue weighted by Gasteiger charge is 2.26. The van der Waals surface area contributed by atoms with Gasteiger partial charge in [-0.25, -0.2) is 12.8 Å². The molecule has 1 amide bonds. The van der Waals surface area contributed by atoms with Gasteiger partial charge in [-0.15, -0.1) is 0 Å². The van der Waals surface area contributed by atoms with Crippen molar-refractivity contribution in [2.75, 3.05) is 21.9 Å². The highest BCUT2D eigenvalue weighted by atomic mass is 32.2. The number of nitrogens with zero attached hydrogens (tertiary/aromatic N) is 2. The molecule has 4 rings (SSSR count). The summed E-state index contributed by atoms with van der Waals surface area (Å²) in [7, 11) is -3.31. The van der Waals surface area contributed by atoms with Gasteiger partial charge in [-0.1, -0.05) is 6.07 Å². The topological polar surface area (TPSA) is 71.4 Å². The number of carbonyl (C=O) groups is 1. The van der Waals surface area contributed by atoms with Crippen LogP contribution < -0.4 is 9.62 Å². The second kappa shape index (κ2) is 7.27. The van der Waals surface area contributed by atoms with E-state index in [4.69, 9.17) is 0 Å². The summed E-state index contributed by atoms with van der Waals surface area (Å²) in [5, 5.41) is 3.64. The van der Waals surface area contributed by atoms with Crippen molar-refractivity contribution in [1.29, 1.82) is 0 Å². The first-order valence-electron chi connectivity index (χ1n) is 9.07. The Morgan fingerprint density at radius 2 is 1.96 bits per heavy atom. The molecule has 1 aliphatic heterocycles. The van der Waals surface area contributed by atoms with Crippen LogP contribution in [0, 0.1) is 5.82 Å². The number of rotatable bonds is 4. The lowest BCUT2D eigenvalue weighted by Gasteiger charge is -2.28. The smallest absolute Gasteiger partial charge is 0.244 e. The highest BCUT2D eigenvalue weighted by Crippen LogP contribution is 2.26. The van der Waals surface area contributed by atoms with Crippen molar-refractivity contribution in [1.82, 2.24) is 4.57 Å². The van der Waals surface area contributed by atoms with Crippen LogP contribution in [0.1, 0.15) is 12.8 Å². The molecule has 0 radical (unpaired) electrons. The zero-order chi connectivity index (χ0) is 19.7. The van der Waals surface area contributed by atoms with Crippen LogP contribution in [-0.4, -0.2) is 31.2 Å².